The van der Waals surface area contributed by atoms with Crippen LogP contribution in [0, 0.1) is 0 Å². The van der Waals surface area contributed by atoms with Crippen molar-refractivity contribution < 1.29 is 4.79 Å². The van der Waals surface area contributed by atoms with Crippen LogP contribution in [0.25, 0.3) is 0 Å². The van der Waals surface area contributed by atoms with E-state index in [9.17, 15) is 4.79 Å². The van der Waals surface area contributed by atoms with Gasteiger partial charge in [0.25, 0.3) is 0 Å². The molecule has 0 aliphatic rings. The number of thioether (sulfide) groups is 1. The Balaban J connectivity index is 2.68. The largest absolute Gasteiger partial charge is 0.369 e. The van der Waals surface area contributed by atoms with Gasteiger partial charge in [0.1, 0.15) is 0 Å². The molecule has 1 aromatic rings. The number of primary amides is 1. The van der Waals surface area contributed by atoms with Crippen molar-refractivity contribution in [3.63, 3.8) is 0 Å². The summed E-state index contributed by atoms with van der Waals surface area (Å²) < 4.78 is 0. The SMILES string of the molecule is CCCNC(c1ccccc1)C(C)SCC(N)=O. The van der Waals surface area contributed by atoms with Crippen LogP contribution in [0.15, 0.2) is 30.3 Å². The first kappa shape index (κ1) is 15.1. The van der Waals surface area contributed by atoms with Gasteiger partial charge in [0, 0.05) is 11.3 Å². The molecule has 1 rings (SSSR count). The number of benzene rings is 1. The number of carbonyl (C=O) groups excluding carboxylic acids is 1. The molecule has 0 fully saturated rings. The van der Waals surface area contributed by atoms with Gasteiger partial charge >= 0.3 is 0 Å². The monoisotopic (exact) mass is 266 g/mol. The number of carbonyl (C=O) groups is 1. The van der Waals surface area contributed by atoms with Gasteiger partial charge in [-0.1, -0.05) is 44.2 Å². The molecule has 0 saturated carbocycles. The number of nitrogens with one attached hydrogen (secondary N) is 1. The van der Waals surface area contributed by atoms with Gasteiger partial charge in [0.2, 0.25) is 5.91 Å². The minimum Gasteiger partial charge on any atom is -0.369 e. The second-order valence-electron chi connectivity index (χ2n) is 4.32. The van der Waals surface area contributed by atoms with Crippen molar-refractivity contribution in [2.45, 2.75) is 31.6 Å². The zero-order valence-corrected chi connectivity index (χ0v) is 11.9. The van der Waals surface area contributed by atoms with E-state index in [4.69, 9.17) is 5.73 Å². The highest BCUT2D eigenvalue weighted by Crippen LogP contribution is 2.26. The summed E-state index contributed by atoms with van der Waals surface area (Å²) in [4.78, 5) is 10.9. The molecular formula is C14H22N2OS. The Hall–Kier alpha value is -1.00. The minimum absolute atomic E-state index is 0.255. The maximum Gasteiger partial charge on any atom is 0.227 e. The van der Waals surface area contributed by atoms with E-state index in [2.05, 4.69) is 31.3 Å². The molecule has 0 saturated heterocycles. The van der Waals surface area contributed by atoms with Crippen LogP contribution in [0.3, 0.4) is 0 Å². The van der Waals surface area contributed by atoms with Crippen molar-refractivity contribution in [2.24, 2.45) is 5.73 Å². The van der Waals surface area contributed by atoms with Gasteiger partial charge in [-0.25, -0.2) is 0 Å². The first-order valence-corrected chi connectivity index (χ1v) is 7.38. The number of nitrogens with two attached hydrogens (primary N) is 1. The number of hydrogen-bond acceptors (Lipinski definition) is 3. The van der Waals surface area contributed by atoms with Crippen molar-refractivity contribution in [1.29, 1.82) is 0 Å². The quantitative estimate of drug-likeness (QED) is 0.759. The Bertz CT molecular complexity index is 356. The van der Waals surface area contributed by atoms with E-state index in [-0.39, 0.29) is 11.9 Å². The summed E-state index contributed by atoms with van der Waals surface area (Å²) in [6.45, 7) is 5.26. The lowest BCUT2D eigenvalue weighted by Gasteiger charge is -2.25. The molecular weight excluding hydrogens is 244 g/mol. The van der Waals surface area contributed by atoms with Crippen LogP contribution in [0.1, 0.15) is 31.9 Å². The summed E-state index contributed by atoms with van der Waals surface area (Å²) >= 11 is 1.60. The maximum atomic E-state index is 10.9. The van der Waals surface area contributed by atoms with Gasteiger partial charge in [-0.3, -0.25) is 4.79 Å². The number of hydrogen-bond donors (Lipinski definition) is 2. The predicted octanol–water partition coefficient (Wildman–Crippen LogP) is 2.33. The maximum absolute atomic E-state index is 10.9. The fourth-order valence-electron chi connectivity index (χ4n) is 1.82. The van der Waals surface area contributed by atoms with Gasteiger partial charge in [0.05, 0.1) is 5.75 Å². The molecule has 18 heavy (non-hydrogen) atoms. The van der Waals surface area contributed by atoms with Crippen LogP contribution < -0.4 is 11.1 Å². The zero-order chi connectivity index (χ0) is 13.4. The Labute approximate surface area is 114 Å². The fraction of sp³-hybridized carbons (Fsp3) is 0.500. The molecule has 1 aromatic carbocycles. The van der Waals surface area contributed by atoms with Crippen molar-refractivity contribution in [3.05, 3.63) is 35.9 Å². The topological polar surface area (TPSA) is 55.1 Å². The molecule has 100 valence electrons. The Kier molecular flexibility index (Phi) is 6.83. The summed E-state index contributed by atoms with van der Waals surface area (Å²) in [7, 11) is 0. The fourth-order valence-corrected chi connectivity index (χ4v) is 2.70. The van der Waals surface area contributed by atoms with Crippen molar-refractivity contribution in [2.75, 3.05) is 12.3 Å². The van der Waals surface area contributed by atoms with Crippen LogP contribution in [0.5, 0.6) is 0 Å². The van der Waals surface area contributed by atoms with Crippen LogP contribution in [-0.4, -0.2) is 23.5 Å². The van der Waals surface area contributed by atoms with Crippen LogP contribution >= 0.6 is 11.8 Å². The molecule has 3 nitrogen and oxygen atoms in total. The molecule has 0 spiro atoms. The third kappa shape index (κ3) is 5.10. The second-order valence-corrected chi connectivity index (χ2v) is 5.69. The Morgan fingerprint density at radius 1 is 1.39 bits per heavy atom. The number of rotatable bonds is 8. The molecule has 0 aliphatic carbocycles. The highest BCUT2D eigenvalue weighted by molar-refractivity contribution is 8.00. The van der Waals surface area contributed by atoms with E-state index >= 15 is 0 Å². The number of amides is 1. The molecule has 0 heterocycles. The Morgan fingerprint density at radius 3 is 2.61 bits per heavy atom. The minimum atomic E-state index is -0.255. The van der Waals surface area contributed by atoms with Crippen LogP contribution in [0.2, 0.25) is 0 Å². The third-order valence-electron chi connectivity index (χ3n) is 2.73. The average molecular weight is 266 g/mol. The molecule has 0 aromatic heterocycles. The lowest BCUT2D eigenvalue weighted by atomic mass is 10.0. The summed E-state index contributed by atoms with van der Waals surface area (Å²) in [5.41, 5.74) is 6.46. The first-order chi connectivity index (χ1) is 8.65. The molecule has 4 heteroatoms. The van der Waals surface area contributed by atoms with Gasteiger partial charge in [-0.05, 0) is 18.5 Å². The predicted molar refractivity (Wildman–Crippen MR) is 78.6 cm³/mol. The highest BCUT2D eigenvalue weighted by atomic mass is 32.2. The van der Waals surface area contributed by atoms with E-state index in [1.165, 1.54) is 5.56 Å². The van der Waals surface area contributed by atoms with Gasteiger partial charge in [-0.2, -0.15) is 0 Å². The van der Waals surface area contributed by atoms with E-state index in [0.717, 1.165) is 13.0 Å². The van der Waals surface area contributed by atoms with Crippen molar-refractivity contribution >= 4 is 17.7 Å². The molecule has 0 bridgehead atoms. The van der Waals surface area contributed by atoms with Crippen molar-refractivity contribution in [1.82, 2.24) is 5.32 Å². The van der Waals surface area contributed by atoms with Gasteiger partial charge in [-0.15, -0.1) is 11.8 Å². The molecule has 2 unspecified atom stereocenters. The van der Waals surface area contributed by atoms with Gasteiger partial charge < -0.3 is 11.1 Å². The summed E-state index contributed by atoms with van der Waals surface area (Å²) in [6.07, 6.45) is 1.09. The van der Waals surface area contributed by atoms with E-state index < -0.39 is 0 Å². The lowest BCUT2D eigenvalue weighted by molar-refractivity contribution is -0.115. The Morgan fingerprint density at radius 2 is 2.06 bits per heavy atom. The summed E-state index contributed by atoms with van der Waals surface area (Å²) in [5.74, 6) is 0.118. The third-order valence-corrected chi connectivity index (χ3v) is 3.98. The molecule has 0 aliphatic heterocycles. The molecule has 2 atom stereocenters. The van der Waals surface area contributed by atoms with E-state index in [1.54, 1.807) is 11.8 Å². The molecule has 0 radical (unpaired) electrons. The molecule has 1 amide bonds. The molecule has 3 N–H and O–H groups in total. The zero-order valence-electron chi connectivity index (χ0n) is 11.1. The highest BCUT2D eigenvalue weighted by Gasteiger charge is 2.19. The smallest absolute Gasteiger partial charge is 0.227 e. The second kappa shape index (κ2) is 8.16. The normalized spacial score (nSPS) is 14.1. The van der Waals surface area contributed by atoms with Gasteiger partial charge in [0.15, 0.2) is 0 Å². The summed E-state index contributed by atoms with van der Waals surface area (Å²) in [6, 6.07) is 10.6. The van der Waals surface area contributed by atoms with Crippen LogP contribution in [0.4, 0.5) is 0 Å². The standard InChI is InChI=1S/C14H22N2OS/c1-3-9-16-14(11(2)18-10-13(15)17)12-7-5-4-6-8-12/h4-8,11,14,16H,3,9-10H2,1-2H3,(H2,15,17). The first-order valence-electron chi connectivity index (χ1n) is 6.33. The van der Waals surface area contributed by atoms with Crippen LogP contribution in [-0.2, 0) is 4.79 Å². The van der Waals surface area contributed by atoms with E-state index in [1.807, 2.05) is 18.2 Å². The average Bonchev–Trinajstić information content (AvgIpc) is 2.38. The van der Waals surface area contributed by atoms with E-state index in [0.29, 0.717) is 11.0 Å². The summed E-state index contributed by atoms with van der Waals surface area (Å²) in [5, 5.41) is 3.85. The van der Waals surface area contributed by atoms with Crippen molar-refractivity contribution in [3.8, 4) is 0 Å². The lowest BCUT2D eigenvalue weighted by Crippen LogP contribution is -2.30.